The molecule has 1 aromatic carbocycles. The van der Waals surface area contributed by atoms with E-state index in [0.717, 1.165) is 5.56 Å². The minimum absolute atomic E-state index is 0.188. The molecule has 0 amide bonds. The van der Waals surface area contributed by atoms with Crippen molar-refractivity contribution in [2.45, 2.75) is 26.9 Å². The molecule has 0 bridgehead atoms. The summed E-state index contributed by atoms with van der Waals surface area (Å²) in [6.07, 6.45) is 2.09. The highest BCUT2D eigenvalue weighted by atomic mass is 16.5. The molecule has 0 aliphatic carbocycles. The number of aliphatic imine (C=N–C) groups is 1. The van der Waals surface area contributed by atoms with Crippen molar-refractivity contribution >= 4 is 6.21 Å². The summed E-state index contributed by atoms with van der Waals surface area (Å²) < 4.78 is 5.12. The Kier molecular flexibility index (Phi) is 4.50. The zero-order valence-electron chi connectivity index (χ0n) is 9.95. The van der Waals surface area contributed by atoms with Gasteiger partial charge < -0.3 is 4.74 Å². The van der Waals surface area contributed by atoms with Gasteiger partial charge in [-0.15, -0.1) is 0 Å². The first kappa shape index (κ1) is 11.9. The summed E-state index contributed by atoms with van der Waals surface area (Å²) in [4.78, 5) is 4.33. The number of rotatable bonds is 4. The van der Waals surface area contributed by atoms with E-state index < -0.39 is 0 Å². The molecule has 0 saturated carbocycles. The van der Waals surface area contributed by atoms with Gasteiger partial charge in [-0.3, -0.25) is 4.99 Å². The van der Waals surface area contributed by atoms with Crippen molar-refractivity contribution in [1.29, 1.82) is 0 Å². The van der Waals surface area contributed by atoms with E-state index in [9.17, 15) is 0 Å². The Morgan fingerprint density at radius 1 is 1.33 bits per heavy atom. The van der Waals surface area contributed by atoms with Gasteiger partial charge in [0.15, 0.2) is 0 Å². The first-order valence-corrected chi connectivity index (χ1v) is 5.23. The third-order valence-electron chi connectivity index (χ3n) is 2.54. The first-order valence-electron chi connectivity index (χ1n) is 5.23. The van der Waals surface area contributed by atoms with Crippen molar-refractivity contribution in [2.24, 2.45) is 4.99 Å². The molecule has 2 nitrogen and oxygen atoms in total. The van der Waals surface area contributed by atoms with Crippen LogP contribution in [0, 0.1) is 13.8 Å². The van der Waals surface area contributed by atoms with Gasteiger partial charge in [0.2, 0.25) is 0 Å². The maximum atomic E-state index is 5.12. The topological polar surface area (TPSA) is 21.6 Å². The van der Waals surface area contributed by atoms with Crippen molar-refractivity contribution in [2.75, 3.05) is 13.7 Å². The standard InChI is InChI=1S/C13H19NO/c1-10-5-6-13(7-11(10)2)9-14-8-12(3)15-4/h5-7,9,12H,8H2,1-4H3/b14-9-. The molecule has 15 heavy (non-hydrogen) atoms. The zero-order chi connectivity index (χ0) is 11.3. The zero-order valence-corrected chi connectivity index (χ0v) is 9.95. The first-order chi connectivity index (χ1) is 7.13. The van der Waals surface area contributed by atoms with Crippen LogP contribution in [0.15, 0.2) is 23.2 Å². The normalized spacial score (nSPS) is 13.3. The highest BCUT2D eigenvalue weighted by Gasteiger charge is 1.96. The molecule has 0 aliphatic rings. The van der Waals surface area contributed by atoms with E-state index in [-0.39, 0.29) is 6.10 Å². The minimum atomic E-state index is 0.188. The maximum Gasteiger partial charge on any atom is 0.0738 e. The predicted molar refractivity (Wildman–Crippen MR) is 64.8 cm³/mol. The molecule has 0 aromatic heterocycles. The Hall–Kier alpha value is -1.15. The van der Waals surface area contributed by atoms with Gasteiger partial charge in [-0.25, -0.2) is 0 Å². The van der Waals surface area contributed by atoms with Crippen LogP contribution >= 0.6 is 0 Å². The largest absolute Gasteiger partial charge is 0.380 e. The second-order valence-electron chi connectivity index (χ2n) is 3.88. The second kappa shape index (κ2) is 5.66. The van der Waals surface area contributed by atoms with Gasteiger partial charge in [-0.1, -0.05) is 18.2 Å². The van der Waals surface area contributed by atoms with Gasteiger partial charge in [0.05, 0.1) is 12.6 Å². The highest BCUT2D eigenvalue weighted by Crippen LogP contribution is 2.08. The molecule has 0 radical (unpaired) electrons. The van der Waals surface area contributed by atoms with Gasteiger partial charge in [0.1, 0.15) is 0 Å². The Bertz CT molecular complexity index is 344. The Morgan fingerprint density at radius 3 is 2.67 bits per heavy atom. The molecule has 1 rings (SSSR count). The minimum Gasteiger partial charge on any atom is -0.380 e. The quantitative estimate of drug-likeness (QED) is 0.693. The SMILES string of the molecule is COC(C)C/N=C\c1ccc(C)c(C)c1. The van der Waals surface area contributed by atoms with E-state index in [1.165, 1.54) is 11.1 Å². The number of ether oxygens (including phenoxy) is 1. The van der Waals surface area contributed by atoms with E-state index in [1.807, 2.05) is 13.1 Å². The number of nitrogens with zero attached hydrogens (tertiary/aromatic N) is 1. The summed E-state index contributed by atoms with van der Waals surface area (Å²) in [7, 11) is 1.70. The molecule has 2 heteroatoms. The third-order valence-corrected chi connectivity index (χ3v) is 2.54. The van der Waals surface area contributed by atoms with Crippen LogP contribution < -0.4 is 0 Å². The van der Waals surface area contributed by atoms with E-state index in [0.29, 0.717) is 6.54 Å². The van der Waals surface area contributed by atoms with Crippen molar-refractivity contribution < 1.29 is 4.74 Å². The van der Waals surface area contributed by atoms with Gasteiger partial charge in [0.25, 0.3) is 0 Å². The predicted octanol–water partition coefficient (Wildman–Crippen LogP) is 2.76. The number of hydrogen-bond donors (Lipinski definition) is 0. The van der Waals surface area contributed by atoms with Gasteiger partial charge in [-0.2, -0.15) is 0 Å². The average Bonchev–Trinajstić information content (AvgIpc) is 2.23. The van der Waals surface area contributed by atoms with E-state index in [2.05, 4.69) is 37.0 Å². The van der Waals surface area contributed by atoms with Crippen molar-refractivity contribution in [3.63, 3.8) is 0 Å². The molecule has 0 saturated heterocycles. The lowest BCUT2D eigenvalue weighted by atomic mass is 10.1. The summed E-state index contributed by atoms with van der Waals surface area (Å²) in [5, 5.41) is 0. The number of methoxy groups -OCH3 is 1. The van der Waals surface area contributed by atoms with Crippen LogP contribution in [0.4, 0.5) is 0 Å². The summed E-state index contributed by atoms with van der Waals surface area (Å²) in [6.45, 7) is 6.95. The molecule has 82 valence electrons. The Labute approximate surface area is 92.0 Å². The van der Waals surface area contributed by atoms with Crippen molar-refractivity contribution in [1.82, 2.24) is 0 Å². The molecule has 0 heterocycles. The molecule has 0 fully saturated rings. The molecule has 0 N–H and O–H groups in total. The fourth-order valence-corrected chi connectivity index (χ4v) is 1.23. The molecule has 0 aliphatic heterocycles. The molecule has 1 atom stereocenters. The summed E-state index contributed by atoms with van der Waals surface area (Å²) >= 11 is 0. The fourth-order valence-electron chi connectivity index (χ4n) is 1.23. The number of hydrogen-bond acceptors (Lipinski definition) is 2. The lowest BCUT2D eigenvalue weighted by Gasteiger charge is -2.04. The highest BCUT2D eigenvalue weighted by molar-refractivity contribution is 5.80. The maximum absolute atomic E-state index is 5.12. The lowest BCUT2D eigenvalue weighted by molar-refractivity contribution is 0.126. The summed E-state index contributed by atoms with van der Waals surface area (Å²) in [6, 6.07) is 6.36. The van der Waals surface area contributed by atoms with Crippen LogP contribution in [0.2, 0.25) is 0 Å². The molecular formula is C13H19NO. The molecule has 1 aromatic rings. The van der Waals surface area contributed by atoms with Crippen LogP contribution in [0.1, 0.15) is 23.6 Å². The van der Waals surface area contributed by atoms with E-state index in [4.69, 9.17) is 4.74 Å². The smallest absolute Gasteiger partial charge is 0.0738 e. The van der Waals surface area contributed by atoms with E-state index in [1.54, 1.807) is 7.11 Å². The van der Waals surface area contributed by atoms with E-state index >= 15 is 0 Å². The van der Waals surface area contributed by atoms with Crippen LogP contribution in [0.5, 0.6) is 0 Å². The Morgan fingerprint density at radius 2 is 2.07 bits per heavy atom. The lowest BCUT2D eigenvalue weighted by Crippen LogP contribution is -2.08. The van der Waals surface area contributed by atoms with Crippen molar-refractivity contribution in [3.8, 4) is 0 Å². The van der Waals surface area contributed by atoms with Gasteiger partial charge >= 0.3 is 0 Å². The third kappa shape index (κ3) is 3.84. The number of aryl methyl sites for hydroxylation is 2. The summed E-state index contributed by atoms with van der Waals surface area (Å²) in [5.41, 5.74) is 3.78. The second-order valence-corrected chi connectivity index (χ2v) is 3.88. The van der Waals surface area contributed by atoms with Crippen LogP contribution in [0.3, 0.4) is 0 Å². The van der Waals surface area contributed by atoms with Gasteiger partial charge in [0, 0.05) is 13.3 Å². The monoisotopic (exact) mass is 205 g/mol. The molecule has 1 unspecified atom stereocenters. The van der Waals surface area contributed by atoms with Crippen LogP contribution in [-0.2, 0) is 4.74 Å². The Balaban J connectivity index is 2.61. The average molecular weight is 205 g/mol. The fraction of sp³-hybridized carbons (Fsp3) is 0.462. The van der Waals surface area contributed by atoms with Crippen LogP contribution in [0.25, 0.3) is 0 Å². The van der Waals surface area contributed by atoms with Gasteiger partial charge in [-0.05, 0) is 37.5 Å². The molecular weight excluding hydrogens is 186 g/mol. The molecule has 0 spiro atoms. The van der Waals surface area contributed by atoms with Crippen LogP contribution in [-0.4, -0.2) is 26.0 Å². The summed E-state index contributed by atoms with van der Waals surface area (Å²) in [5.74, 6) is 0. The van der Waals surface area contributed by atoms with Crippen molar-refractivity contribution in [3.05, 3.63) is 34.9 Å². The number of benzene rings is 1.